The summed E-state index contributed by atoms with van der Waals surface area (Å²) in [7, 11) is 0. The van der Waals surface area contributed by atoms with Crippen LogP contribution in [-0.2, 0) is 14.3 Å². The summed E-state index contributed by atoms with van der Waals surface area (Å²) < 4.78 is 4.98. The second-order valence-electron chi connectivity index (χ2n) is 6.23. The van der Waals surface area contributed by atoms with Gasteiger partial charge < -0.3 is 10.1 Å². The lowest BCUT2D eigenvalue weighted by Gasteiger charge is -2.41. The van der Waals surface area contributed by atoms with Gasteiger partial charge in [-0.3, -0.25) is 9.59 Å². The zero-order valence-electron chi connectivity index (χ0n) is 12.9. The van der Waals surface area contributed by atoms with Crippen molar-refractivity contribution >= 4 is 11.9 Å². The fourth-order valence-corrected chi connectivity index (χ4v) is 2.99. The Morgan fingerprint density at radius 2 is 2.00 bits per heavy atom. The number of rotatable bonds is 4. The van der Waals surface area contributed by atoms with Crippen LogP contribution in [0, 0.1) is 11.3 Å². The summed E-state index contributed by atoms with van der Waals surface area (Å²) in [5.74, 6) is -0.700. The van der Waals surface area contributed by atoms with E-state index in [-0.39, 0.29) is 35.7 Å². The first-order valence-electron chi connectivity index (χ1n) is 7.45. The Bertz CT molecular complexity index is 510. The highest BCUT2D eigenvalue weighted by molar-refractivity contribution is 5.85. The summed E-state index contributed by atoms with van der Waals surface area (Å²) >= 11 is 0. The van der Waals surface area contributed by atoms with Crippen LogP contribution in [0.3, 0.4) is 0 Å². The van der Waals surface area contributed by atoms with Crippen LogP contribution in [0.2, 0.25) is 0 Å². The molecule has 1 heterocycles. The maximum absolute atomic E-state index is 12.4. The van der Waals surface area contributed by atoms with Gasteiger partial charge in [0, 0.05) is 0 Å². The third-order valence-electron chi connectivity index (χ3n) is 4.18. The molecule has 1 saturated heterocycles. The molecule has 114 valence electrons. The molecule has 4 nitrogen and oxygen atoms in total. The van der Waals surface area contributed by atoms with E-state index in [9.17, 15) is 9.59 Å². The van der Waals surface area contributed by atoms with Gasteiger partial charge in [0.1, 0.15) is 0 Å². The van der Waals surface area contributed by atoms with Gasteiger partial charge in [0.15, 0.2) is 0 Å². The van der Waals surface area contributed by atoms with Gasteiger partial charge in [-0.2, -0.15) is 0 Å². The fourth-order valence-electron chi connectivity index (χ4n) is 2.99. The lowest BCUT2D eigenvalue weighted by Crippen LogP contribution is -2.49. The number of amides is 1. The molecule has 0 radical (unpaired) electrons. The Morgan fingerprint density at radius 3 is 2.57 bits per heavy atom. The maximum Gasteiger partial charge on any atom is 0.306 e. The van der Waals surface area contributed by atoms with E-state index in [4.69, 9.17) is 4.74 Å². The van der Waals surface area contributed by atoms with Crippen molar-refractivity contribution in [1.29, 1.82) is 0 Å². The molecule has 2 atom stereocenters. The third-order valence-corrected chi connectivity index (χ3v) is 4.18. The number of carbonyl (C=O) groups is 2. The van der Waals surface area contributed by atoms with Crippen LogP contribution in [0.5, 0.6) is 0 Å². The molecular weight excluding hydrogens is 266 g/mol. The SMILES string of the molecule is CCOC(=O)C[C@H]1C(=O)N[C@H](c2ccccc2)CC1(C)C. The molecule has 0 unspecified atom stereocenters. The van der Waals surface area contributed by atoms with Gasteiger partial charge in [0.05, 0.1) is 25.0 Å². The normalized spacial score (nSPS) is 24.2. The Labute approximate surface area is 125 Å². The van der Waals surface area contributed by atoms with Crippen molar-refractivity contribution in [1.82, 2.24) is 5.32 Å². The molecule has 0 saturated carbocycles. The fraction of sp³-hybridized carbons (Fsp3) is 0.529. The van der Waals surface area contributed by atoms with E-state index in [1.807, 2.05) is 44.2 Å². The maximum atomic E-state index is 12.4. The van der Waals surface area contributed by atoms with Crippen LogP contribution in [-0.4, -0.2) is 18.5 Å². The molecular formula is C17H23NO3. The topological polar surface area (TPSA) is 55.4 Å². The minimum atomic E-state index is -0.337. The number of nitrogens with one attached hydrogen (secondary N) is 1. The van der Waals surface area contributed by atoms with Gasteiger partial charge in [-0.05, 0) is 24.3 Å². The molecule has 0 aliphatic carbocycles. The first-order chi connectivity index (χ1) is 9.94. The second-order valence-corrected chi connectivity index (χ2v) is 6.23. The lowest BCUT2D eigenvalue weighted by atomic mass is 9.68. The van der Waals surface area contributed by atoms with Crippen molar-refractivity contribution < 1.29 is 14.3 Å². The van der Waals surface area contributed by atoms with Gasteiger partial charge >= 0.3 is 5.97 Å². The van der Waals surface area contributed by atoms with Gasteiger partial charge in [0.2, 0.25) is 5.91 Å². The van der Waals surface area contributed by atoms with Crippen LogP contribution >= 0.6 is 0 Å². The first kappa shape index (κ1) is 15.5. The zero-order chi connectivity index (χ0) is 15.5. The van der Waals surface area contributed by atoms with E-state index < -0.39 is 0 Å². The molecule has 0 spiro atoms. The molecule has 0 bridgehead atoms. The van der Waals surface area contributed by atoms with E-state index >= 15 is 0 Å². The molecule has 1 aromatic rings. The van der Waals surface area contributed by atoms with Gasteiger partial charge in [-0.1, -0.05) is 44.2 Å². The number of benzene rings is 1. The number of piperidine rings is 1. The molecule has 1 fully saturated rings. The minimum Gasteiger partial charge on any atom is -0.466 e. The molecule has 2 rings (SSSR count). The van der Waals surface area contributed by atoms with E-state index in [0.29, 0.717) is 6.61 Å². The van der Waals surface area contributed by atoms with Gasteiger partial charge in [-0.15, -0.1) is 0 Å². The second kappa shape index (κ2) is 6.29. The Hall–Kier alpha value is -1.84. The zero-order valence-corrected chi connectivity index (χ0v) is 12.9. The van der Waals surface area contributed by atoms with E-state index in [1.54, 1.807) is 6.92 Å². The summed E-state index contributed by atoms with van der Waals surface area (Å²) in [5.41, 5.74) is 0.865. The van der Waals surface area contributed by atoms with Gasteiger partial charge in [0.25, 0.3) is 0 Å². The van der Waals surface area contributed by atoms with Crippen molar-refractivity contribution in [2.75, 3.05) is 6.61 Å². The average Bonchev–Trinajstić information content (AvgIpc) is 2.43. The molecule has 1 N–H and O–H groups in total. The third kappa shape index (κ3) is 3.63. The van der Waals surface area contributed by atoms with E-state index in [1.165, 1.54) is 0 Å². The van der Waals surface area contributed by atoms with Crippen molar-refractivity contribution in [2.45, 2.75) is 39.7 Å². The molecule has 1 amide bonds. The molecule has 1 aliphatic rings. The van der Waals surface area contributed by atoms with E-state index in [2.05, 4.69) is 5.32 Å². The number of carbonyl (C=O) groups excluding carboxylic acids is 2. The highest BCUT2D eigenvalue weighted by Crippen LogP contribution is 2.42. The summed E-state index contributed by atoms with van der Waals surface area (Å²) in [6, 6.07) is 9.95. The molecule has 0 aromatic heterocycles. The van der Waals surface area contributed by atoms with Gasteiger partial charge in [-0.25, -0.2) is 0 Å². The summed E-state index contributed by atoms with van der Waals surface area (Å²) in [6.07, 6.45) is 0.959. The number of hydrogen-bond acceptors (Lipinski definition) is 3. The summed E-state index contributed by atoms with van der Waals surface area (Å²) in [4.78, 5) is 24.1. The standard InChI is InChI=1S/C17H23NO3/c1-4-21-15(19)10-13-16(20)18-14(11-17(13,2)3)12-8-6-5-7-9-12/h5-9,13-14H,4,10-11H2,1-3H3,(H,18,20)/t13-,14-/m0/s1. The van der Waals surface area contributed by atoms with Crippen molar-refractivity contribution in [3.63, 3.8) is 0 Å². The summed E-state index contributed by atoms with van der Waals surface area (Å²) in [5, 5.41) is 3.04. The lowest BCUT2D eigenvalue weighted by molar-refractivity contribution is -0.150. The van der Waals surface area contributed by atoms with Crippen LogP contribution in [0.1, 0.15) is 45.2 Å². The monoisotopic (exact) mass is 289 g/mol. The largest absolute Gasteiger partial charge is 0.466 e. The number of ether oxygens (including phenoxy) is 1. The van der Waals surface area contributed by atoms with Crippen LogP contribution in [0.15, 0.2) is 30.3 Å². The predicted octanol–water partition coefficient (Wildman–Crippen LogP) is 2.84. The number of hydrogen-bond donors (Lipinski definition) is 1. The average molecular weight is 289 g/mol. The van der Waals surface area contributed by atoms with Crippen LogP contribution < -0.4 is 5.32 Å². The summed E-state index contributed by atoms with van der Waals surface area (Å²) in [6.45, 7) is 6.22. The highest BCUT2D eigenvalue weighted by Gasteiger charge is 2.43. The molecule has 4 heteroatoms. The number of esters is 1. The van der Waals surface area contributed by atoms with Crippen LogP contribution in [0.4, 0.5) is 0 Å². The predicted molar refractivity (Wildman–Crippen MR) is 80.5 cm³/mol. The van der Waals surface area contributed by atoms with Crippen molar-refractivity contribution in [2.24, 2.45) is 11.3 Å². The quantitative estimate of drug-likeness (QED) is 0.867. The smallest absolute Gasteiger partial charge is 0.306 e. The molecule has 21 heavy (non-hydrogen) atoms. The highest BCUT2D eigenvalue weighted by atomic mass is 16.5. The minimum absolute atomic E-state index is 0.00662. The first-order valence-corrected chi connectivity index (χ1v) is 7.45. The Morgan fingerprint density at radius 1 is 1.33 bits per heavy atom. The molecule has 1 aliphatic heterocycles. The Kier molecular flexibility index (Phi) is 4.66. The molecule has 1 aromatic carbocycles. The Balaban J connectivity index is 2.12. The van der Waals surface area contributed by atoms with Crippen molar-refractivity contribution in [3.05, 3.63) is 35.9 Å². The van der Waals surface area contributed by atoms with Crippen molar-refractivity contribution in [3.8, 4) is 0 Å². The van der Waals surface area contributed by atoms with E-state index in [0.717, 1.165) is 12.0 Å². The van der Waals surface area contributed by atoms with Crippen LogP contribution in [0.25, 0.3) is 0 Å².